The number of hydrogen-bond acceptors (Lipinski definition) is 6. The van der Waals surface area contributed by atoms with Crippen molar-refractivity contribution in [3.8, 4) is 6.07 Å². The second kappa shape index (κ2) is 5.47. The average Bonchev–Trinajstić information content (AvgIpc) is 2.31. The van der Waals surface area contributed by atoms with Crippen LogP contribution in [0.2, 0.25) is 0 Å². The summed E-state index contributed by atoms with van der Waals surface area (Å²) in [5.74, 6) is 0.292. The second-order valence-electron chi connectivity index (χ2n) is 3.22. The molecule has 0 bridgehead atoms. The molecular formula is C9H13N5O2S. The number of nitrogens with one attached hydrogen (secondary N) is 2. The number of nitrogens with two attached hydrogens (primary N) is 1. The van der Waals surface area contributed by atoms with Gasteiger partial charge in [0.05, 0.1) is 17.0 Å². The Morgan fingerprint density at radius 1 is 1.59 bits per heavy atom. The highest BCUT2D eigenvalue weighted by atomic mass is 32.2. The molecule has 0 saturated heterocycles. The van der Waals surface area contributed by atoms with Gasteiger partial charge in [-0.1, -0.05) is 0 Å². The van der Waals surface area contributed by atoms with Crippen LogP contribution in [0.15, 0.2) is 12.3 Å². The van der Waals surface area contributed by atoms with Crippen LogP contribution in [0, 0.1) is 11.3 Å². The van der Waals surface area contributed by atoms with E-state index >= 15 is 0 Å². The third-order valence-corrected chi connectivity index (χ3v) is 3.38. The Morgan fingerprint density at radius 3 is 2.82 bits per heavy atom. The van der Waals surface area contributed by atoms with Crippen molar-refractivity contribution in [2.24, 2.45) is 0 Å². The van der Waals surface area contributed by atoms with Crippen molar-refractivity contribution in [3.63, 3.8) is 0 Å². The lowest BCUT2D eigenvalue weighted by Gasteiger charge is -2.08. The maximum absolute atomic E-state index is 11.1. The number of nitrogen functional groups attached to an aromatic ring is 1. The summed E-state index contributed by atoms with van der Waals surface area (Å²) < 4.78 is 24.5. The van der Waals surface area contributed by atoms with Gasteiger partial charge in [0.25, 0.3) is 0 Å². The highest BCUT2D eigenvalue weighted by Crippen LogP contribution is 2.15. The average molecular weight is 255 g/mol. The first kappa shape index (κ1) is 13.2. The lowest BCUT2D eigenvalue weighted by atomic mass is 10.3. The van der Waals surface area contributed by atoms with E-state index in [1.165, 1.54) is 19.3 Å². The van der Waals surface area contributed by atoms with Crippen LogP contribution in [0.4, 0.5) is 11.5 Å². The molecule has 0 aliphatic carbocycles. The number of rotatable bonds is 5. The van der Waals surface area contributed by atoms with E-state index in [2.05, 4.69) is 15.0 Å². The van der Waals surface area contributed by atoms with Crippen molar-refractivity contribution in [2.45, 2.75) is 0 Å². The van der Waals surface area contributed by atoms with Gasteiger partial charge in [0.1, 0.15) is 11.9 Å². The van der Waals surface area contributed by atoms with Crippen LogP contribution < -0.4 is 15.8 Å². The van der Waals surface area contributed by atoms with Crippen molar-refractivity contribution < 1.29 is 8.42 Å². The van der Waals surface area contributed by atoms with Crippen LogP contribution in [0.1, 0.15) is 5.56 Å². The molecule has 8 heteroatoms. The summed E-state index contributed by atoms with van der Waals surface area (Å²) in [6.45, 7) is 0.187. The predicted molar refractivity (Wildman–Crippen MR) is 64.7 cm³/mol. The van der Waals surface area contributed by atoms with Crippen LogP contribution in [0.5, 0.6) is 0 Å². The van der Waals surface area contributed by atoms with E-state index in [0.717, 1.165) is 0 Å². The quantitative estimate of drug-likeness (QED) is 0.652. The van der Waals surface area contributed by atoms with E-state index in [4.69, 9.17) is 11.0 Å². The van der Waals surface area contributed by atoms with Gasteiger partial charge >= 0.3 is 0 Å². The van der Waals surface area contributed by atoms with Gasteiger partial charge in [-0.2, -0.15) is 5.26 Å². The zero-order valence-corrected chi connectivity index (χ0v) is 10.1. The Labute approximate surface area is 99.7 Å². The maximum Gasteiger partial charge on any atom is 0.213 e. The summed E-state index contributed by atoms with van der Waals surface area (Å²) in [7, 11) is -1.90. The van der Waals surface area contributed by atoms with E-state index in [0.29, 0.717) is 17.1 Å². The number of aromatic nitrogens is 1. The summed E-state index contributed by atoms with van der Waals surface area (Å²) in [5.41, 5.74) is 6.31. The molecule has 0 unspecified atom stereocenters. The number of anilines is 2. The number of nitriles is 1. The number of sulfonamides is 1. The van der Waals surface area contributed by atoms with Gasteiger partial charge in [0, 0.05) is 12.7 Å². The predicted octanol–water partition coefficient (Wildman–Crippen LogP) is -0.503. The summed E-state index contributed by atoms with van der Waals surface area (Å²) in [6, 6.07) is 3.38. The zero-order valence-electron chi connectivity index (χ0n) is 9.27. The Morgan fingerprint density at radius 2 is 2.29 bits per heavy atom. The van der Waals surface area contributed by atoms with Crippen LogP contribution in [-0.2, 0) is 10.0 Å². The van der Waals surface area contributed by atoms with Gasteiger partial charge in [0.15, 0.2) is 0 Å². The molecule has 0 aliphatic heterocycles. The summed E-state index contributed by atoms with van der Waals surface area (Å²) in [4.78, 5) is 3.92. The van der Waals surface area contributed by atoms with Crippen molar-refractivity contribution in [3.05, 3.63) is 17.8 Å². The molecule has 0 aromatic carbocycles. The minimum Gasteiger partial charge on any atom is -0.396 e. The first-order valence-corrected chi connectivity index (χ1v) is 6.44. The summed E-state index contributed by atoms with van der Waals surface area (Å²) in [5, 5.41) is 11.4. The van der Waals surface area contributed by atoms with E-state index in [-0.39, 0.29) is 12.3 Å². The molecule has 1 rings (SSSR count). The molecule has 0 spiro atoms. The Balaban J connectivity index is 2.62. The maximum atomic E-state index is 11.1. The van der Waals surface area contributed by atoms with Crippen molar-refractivity contribution in [1.29, 1.82) is 5.26 Å². The number of pyridine rings is 1. The molecule has 4 N–H and O–H groups in total. The first-order chi connectivity index (χ1) is 7.98. The molecule has 92 valence electrons. The van der Waals surface area contributed by atoms with E-state index in [1.54, 1.807) is 0 Å². The molecule has 0 saturated carbocycles. The van der Waals surface area contributed by atoms with Gasteiger partial charge in [0.2, 0.25) is 10.0 Å². The third kappa shape index (κ3) is 3.90. The lowest BCUT2D eigenvalue weighted by Crippen LogP contribution is -2.26. The largest absolute Gasteiger partial charge is 0.396 e. The van der Waals surface area contributed by atoms with Gasteiger partial charge in [-0.15, -0.1) is 0 Å². The molecule has 0 amide bonds. The topological polar surface area (TPSA) is 121 Å². The standard InChI is InChI=1S/C9H13N5O2S/c1-12-17(15,16)3-2-13-9-8(11)4-7(5-10)6-14-9/h4,6,12H,2-3,11H2,1H3,(H,13,14). The Bertz CT molecular complexity index is 535. The minimum absolute atomic E-state index is 0.0787. The van der Waals surface area contributed by atoms with Gasteiger partial charge in [-0.05, 0) is 13.1 Å². The van der Waals surface area contributed by atoms with Gasteiger partial charge < -0.3 is 11.1 Å². The van der Waals surface area contributed by atoms with Crippen LogP contribution >= 0.6 is 0 Å². The smallest absolute Gasteiger partial charge is 0.213 e. The van der Waals surface area contributed by atoms with Crippen LogP contribution in [0.3, 0.4) is 0 Å². The molecule has 17 heavy (non-hydrogen) atoms. The zero-order chi connectivity index (χ0) is 12.9. The highest BCUT2D eigenvalue weighted by molar-refractivity contribution is 7.89. The lowest BCUT2D eigenvalue weighted by molar-refractivity contribution is 0.588. The molecule has 7 nitrogen and oxygen atoms in total. The molecule has 0 atom stereocenters. The molecule has 0 aliphatic rings. The van der Waals surface area contributed by atoms with Gasteiger partial charge in [-0.25, -0.2) is 18.1 Å². The normalized spacial score (nSPS) is 10.8. The SMILES string of the molecule is CNS(=O)(=O)CCNc1ncc(C#N)cc1N. The van der Waals surface area contributed by atoms with Crippen LogP contribution in [0.25, 0.3) is 0 Å². The number of hydrogen-bond donors (Lipinski definition) is 3. The fourth-order valence-electron chi connectivity index (χ4n) is 1.10. The Hall–Kier alpha value is -1.85. The van der Waals surface area contributed by atoms with Crippen LogP contribution in [-0.4, -0.2) is 32.7 Å². The monoisotopic (exact) mass is 255 g/mol. The number of nitrogens with zero attached hydrogens (tertiary/aromatic N) is 2. The van der Waals surface area contributed by atoms with Gasteiger partial charge in [-0.3, -0.25) is 0 Å². The van der Waals surface area contributed by atoms with Crippen molar-refractivity contribution in [2.75, 3.05) is 30.4 Å². The minimum atomic E-state index is -3.25. The van der Waals surface area contributed by atoms with E-state index in [1.807, 2.05) is 6.07 Å². The fourth-order valence-corrected chi connectivity index (χ4v) is 1.67. The summed E-state index contributed by atoms with van der Waals surface area (Å²) in [6.07, 6.45) is 1.37. The van der Waals surface area contributed by atoms with E-state index < -0.39 is 10.0 Å². The highest BCUT2D eigenvalue weighted by Gasteiger charge is 2.07. The van der Waals surface area contributed by atoms with Crippen molar-refractivity contribution in [1.82, 2.24) is 9.71 Å². The third-order valence-electron chi connectivity index (χ3n) is 2.02. The molecule has 0 fully saturated rings. The van der Waals surface area contributed by atoms with Crippen molar-refractivity contribution >= 4 is 21.5 Å². The molecule has 0 radical (unpaired) electrons. The van der Waals surface area contributed by atoms with E-state index in [9.17, 15) is 8.42 Å². The molecular weight excluding hydrogens is 242 g/mol. The second-order valence-corrected chi connectivity index (χ2v) is 5.27. The molecule has 1 heterocycles. The fraction of sp³-hybridized carbons (Fsp3) is 0.333. The first-order valence-electron chi connectivity index (χ1n) is 4.79. The molecule has 1 aromatic rings. The molecule has 1 aromatic heterocycles. The Kier molecular flexibility index (Phi) is 4.25. The summed E-state index contributed by atoms with van der Waals surface area (Å²) >= 11 is 0.